The van der Waals surface area contributed by atoms with Crippen LogP contribution in [0.1, 0.15) is 6.92 Å². The van der Waals surface area contributed by atoms with Gasteiger partial charge in [0.2, 0.25) is 11.1 Å². The van der Waals surface area contributed by atoms with E-state index in [2.05, 4.69) is 25.6 Å². The molecule has 23 heavy (non-hydrogen) atoms. The third kappa shape index (κ3) is 5.13. The van der Waals surface area contributed by atoms with Crippen LogP contribution < -0.4 is 10.1 Å². The van der Waals surface area contributed by atoms with E-state index in [0.29, 0.717) is 10.8 Å². The molecular weight excluding hydrogens is 335 g/mol. The van der Waals surface area contributed by atoms with E-state index in [1.807, 2.05) is 0 Å². The van der Waals surface area contributed by atoms with Crippen molar-refractivity contribution < 1.29 is 22.7 Å². The standard InChI is InChI=1S/C12H12F3N5O2S/c1-7(23-11-17-18-19-20(11)2)10(21)16-8-3-5-9(6-4-8)22-12(13,14)15/h3-7H,1-2H3,(H,16,21). The van der Waals surface area contributed by atoms with Crippen molar-refractivity contribution in [1.82, 2.24) is 20.2 Å². The maximum absolute atomic E-state index is 12.1. The number of nitrogens with one attached hydrogen (secondary N) is 1. The molecule has 0 saturated heterocycles. The predicted molar refractivity (Wildman–Crippen MR) is 75.9 cm³/mol. The van der Waals surface area contributed by atoms with E-state index in [0.717, 1.165) is 23.9 Å². The molecule has 0 saturated carbocycles. The molecule has 1 unspecified atom stereocenters. The first kappa shape index (κ1) is 17.1. The molecule has 7 nitrogen and oxygen atoms in total. The molecule has 0 aliphatic carbocycles. The van der Waals surface area contributed by atoms with Crippen molar-refractivity contribution in [2.45, 2.75) is 23.7 Å². The van der Waals surface area contributed by atoms with Gasteiger partial charge in [0.05, 0.1) is 5.25 Å². The summed E-state index contributed by atoms with van der Waals surface area (Å²) in [5.74, 6) is -0.689. The molecule has 124 valence electrons. The third-order valence-corrected chi connectivity index (χ3v) is 3.71. The number of hydrogen-bond donors (Lipinski definition) is 1. The van der Waals surface area contributed by atoms with Crippen LogP contribution in [0.2, 0.25) is 0 Å². The summed E-state index contributed by atoms with van der Waals surface area (Å²) >= 11 is 1.16. The molecule has 0 fully saturated rings. The van der Waals surface area contributed by atoms with Gasteiger partial charge in [0.25, 0.3) is 0 Å². The van der Waals surface area contributed by atoms with Crippen LogP contribution in [-0.2, 0) is 11.8 Å². The first-order valence-electron chi connectivity index (χ1n) is 6.30. The summed E-state index contributed by atoms with van der Waals surface area (Å²) in [6.45, 7) is 1.66. The number of halogens is 3. The second-order valence-corrected chi connectivity index (χ2v) is 5.71. The molecule has 2 rings (SSSR count). The summed E-state index contributed by atoms with van der Waals surface area (Å²) in [6, 6.07) is 4.88. The van der Waals surface area contributed by atoms with Crippen molar-refractivity contribution in [2.24, 2.45) is 7.05 Å². The van der Waals surface area contributed by atoms with Crippen LogP contribution in [0.3, 0.4) is 0 Å². The van der Waals surface area contributed by atoms with Crippen molar-refractivity contribution in [3.8, 4) is 5.75 Å². The number of carbonyl (C=O) groups excluding carboxylic acids is 1. The number of benzene rings is 1. The predicted octanol–water partition coefficient (Wildman–Crippen LogP) is 2.23. The Morgan fingerprint density at radius 2 is 2.00 bits per heavy atom. The van der Waals surface area contributed by atoms with E-state index in [-0.39, 0.29) is 11.7 Å². The number of ether oxygens (including phenoxy) is 1. The monoisotopic (exact) mass is 347 g/mol. The number of aromatic nitrogens is 4. The molecule has 0 radical (unpaired) electrons. The van der Waals surface area contributed by atoms with Gasteiger partial charge in [-0.05, 0) is 41.6 Å². The minimum absolute atomic E-state index is 0.331. The lowest BCUT2D eigenvalue weighted by molar-refractivity contribution is -0.274. The second-order valence-electron chi connectivity index (χ2n) is 4.41. The molecule has 0 aliphatic rings. The number of alkyl halides is 3. The SMILES string of the molecule is CC(Sc1nnnn1C)C(=O)Nc1ccc(OC(F)(F)F)cc1. The second kappa shape index (κ2) is 6.86. The Bertz CT molecular complexity index is 674. The average Bonchev–Trinajstić information content (AvgIpc) is 2.85. The smallest absolute Gasteiger partial charge is 0.406 e. The van der Waals surface area contributed by atoms with Gasteiger partial charge in [-0.25, -0.2) is 4.68 Å². The zero-order valence-electron chi connectivity index (χ0n) is 12.0. The Morgan fingerprint density at radius 3 is 2.52 bits per heavy atom. The number of carbonyl (C=O) groups is 1. The highest BCUT2D eigenvalue weighted by Crippen LogP contribution is 2.25. The fraction of sp³-hybridized carbons (Fsp3) is 0.333. The molecule has 1 aromatic carbocycles. The fourth-order valence-corrected chi connectivity index (χ4v) is 2.27. The first-order valence-corrected chi connectivity index (χ1v) is 7.18. The Morgan fingerprint density at radius 1 is 1.35 bits per heavy atom. The number of amides is 1. The summed E-state index contributed by atoms with van der Waals surface area (Å²) in [5, 5.41) is 13.4. The van der Waals surface area contributed by atoms with Crippen LogP contribution in [0.25, 0.3) is 0 Å². The molecule has 0 bridgehead atoms. The molecular formula is C12H12F3N5O2S. The third-order valence-electron chi connectivity index (χ3n) is 2.59. The maximum Gasteiger partial charge on any atom is 0.573 e. The Balaban J connectivity index is 1.93. The van der Waals surface area contributed by atoms with E-state index in [1.54, 1.807) is 14.0 Å². The lowest BCUT2D eigenvalue weighted by Gasteiger charge is -2.12. The molecule has 1 amide bonds. The largest absolute Gasteiger partial charge is 0.573 e. The summed E-state index contributed by atoms with van der Waals surface area (Å²) in [5.41, 5.74) is 0.355. The van der Waals surface area contributed by atoms with Gasteiger partial charge in [-0.15, -0.1) is 18.3 Å². The fourth-order valence-electron chi connectivity index (χ4n) is 1.52. The number of tetrazole rings is 1. The normalized spacial score (nSPS) is 12.7. The lowest BCUT2D eigenvalue weighted by atomic mass is 10.3. The quantitative estimate of drug-likeness (QED) is 0.836. The Hall–Kier alpha value is -2.30. The van der Waals surface area contributed by atoms with E-state index in [4.69, 9.17) is 0 Å². The first-order chi connectivity index (χ1) is 10.7. The minimum Gasteiger partial charge on any atom is -0.406 e. The van der Waals surface area contributed by atoms with Crippen LogP contribution in [-0.4, -0.2) is 37.7 Å². The minimum atomic E-state index is -4.75. The van der Waals surface area contributed by atoms with Crippen LogP contribution in [0, 0.1) is 0 Å². The zero-order valence-corrected chi connectivity index (χ0v) is 12.9. The van der Waals surface area contributed by atoms with Gasteiger partial charge in [0.15, 0.2) is 0 Å². The number of thioether (sulfide) groups is 1. The zero-order chi connectivity index (χ0) is 17.0. The molecule has 1 atom stereocenters. The summed E-state index contributed by atoms with van der Waals surface area (Å²) in [4.78, 5) is 12.0. The van der Waals surface area contributed by atoms with Gasteiger partial charge >= 0.3 is 6.36 Å². The number of nitrogens with zero attached hydrogens (tertiary/aromatic N) is 4. The summed E-state index contributed by atoms with van der Waals surface area (Å²) in [6.07, 6.45) is -4.75. The number of hydrogen-bond acceptors (Lipinski definition) is 6. The van der Waals surface area contributed by atoms with E-state index in [1.165, 1.54) is 16.8 Å². The highest BCUT2D eigenvalue weighted by Gasteiger charge is 2.31. The summed E-state index contributed by atoms with van der Waals surface area (Å²) < 4.78 is 41.4. The molecule has 0 spiro atoms. The number of anilines is 1. The van der Waals surface area contributed by atoms with Gasteiger partial charge in [-0.1, -0.05) is 11.8 Å². The molecule has 1 N–H and O–H groups in total. The van der Waals surface area contributed by atoms with Gasteiger partial charge in [-0.3, -0.25) is 4.79 Å². The van der Waals surface area contributed by atoms with Gasteiger partial charge in [0.1, 0.15) is 5.75 Å². The topological polar surface area (TPSA) is 81.9 Å². The molecule has 2 aromatic rings. The van der Waals surface area contributed by atoms with Gasteiger partial charge in [-0.2, -0.15) is 0 Å². The average molecular weight is 347 g/mol. The van der Waals surface area contributed by atoms with Crippen LogP contribution in [0.15, 0.2) is 29.4 Å². The number of rotatable bonds is 5. The van der Waals surface area contributed by atoms with Crippen molar-refractivity contribution >= 4 is 23.4 Å². The highest BCUT2D eigenvalue weighted by molar-refractivity contribution is 8.00. The Kier molecular flexibility index (Phi) is 5.08. The lowest BCUT2D eigenvalue weighted by Crippen LogP contribution is -2.23. The van der Waals surface area contributed by atoms with Crippen molar-refractivity contribution in [2.75, 3.05) is 5.32 Å². The number of aryl methyl sites for hydroxylation is 1. The van der Waals surface area contributed by atoms with Gasteiger partial charge < -0.3 is 10.1 Å². The molecule has 1 heterocycles. The van der Waals surface area contributed by atoms with Crippen LogP contribution in [0.5, 0.6) is 5.75 Å². The summed E-state index contributed by atoms with van der Waals surface area (Å²) in [7, 11) is 1.65. The van der Waals surface area contributed by atoms with Gasteiger partial charge in [0, 0.05) is 12.7 Å². The van der Waals surface area contributed by atoms with Crippen molar-refractivity contribution in [1.29, 1.82) is 0 Å². The Labute approximate surface area is 133 Å². The van der Waals surface area contributed by atoms with E-state index < -0.39 is 11.6 Å². The van der Waals surface area contributed by atoms with Crippen molar-refractivity contribution in [3.05, 3.63) is 24.3 Å². The van der Waals surface area contributed by atoms with Crippen LogP contribution >= 0.6 is 11.8 Å². The maximum atomic E-state index is 12.1. The van der Waals surface area contributed by atoms with E-state index in [9.17, 15) is 18.0 Å². The molecule has 0 aliphatic heterocycles. The van der Waals surface area contributed by atoms with Crippen LogP contribution in [0.4, 0.5) is 18.9 Å². The van der Waals surface area contributed by atoms with Crippen molar-refractivity contribution in [3.63, 3.8) is 0 Å². The molecule has 1 aromatic heterocycles. The van der Waals surface area contributed by atoms with E-state index >= 15 is 0 Å². The molecule has 11 heteroatoms. The highest BCUT2D eigenvalue weighted by atomic mass is 32.2.